The molecule has 1 saturated heterocycles. The molecule has 0 radical (unpaired) electrons. The third-order valence-electron chi connectivity index (χ3n) is 5.73. The van der Waals surface area contributed by atoms with Crippen molar-refractivity contribution in [1.29, 1.82) is 0 Å². The van der Waals surface area contributed by atoms with Gasteiger partial charge in [-0.15, -0.1) is 0 Å². The number of carbonyl (C=O) groups excluding carboxylic acids is 3. The molecule has 2 aliphatic heterocycles. The summed E-state index contributed by atoms with van der Waals surface area (Å²) in [5.41, 5.74) is 2.12. The average molecular weight is 496 g/mol. The van der Waals surface area contributed by atoms with Gasteiger partial charge in [0.05, 0.1) is 22.8 Å². The first-order valence-corrected chi connectivity index (χ1v) is 12.3. The largest absolute Gasteiger partial charge is 0.494 e. The predicted octanol–water partition coefficient (Wildman–Crippen LogP) is 4.44. The Morgan fingerprint density at radius 1 is 1.09 bits per heavy atom. The van der Waals surface area contributed by atoms with Crippen molar-refractivity contribution in [2.75, 3.05) is 23.4 Å². The number of hydrogen-bond acceptors (Lipinski definition) is 6. The van der Waals surface area contributed by atoms with Crippen molar-refractivity contribution >= 4 is 63.0 Å². The Bertz CT molecular complexity index is 1190. The number of benzene rings is 2. The fraction of sp³-hybridized carbons (Fsp3) is 0.280. The number of para-hydroxylation sites is 1. The molecule has 7 nitrogen and oxygen atoms in total. The highest BCUT2D eigenvalue weighted by Crippen LogP contribution is 2.45. The van der Waals surface area contributed by atoms with Gasteiger partial charge >= 0.3 is 0 Å². The lowest BCUT2D eigenvalue weighted by Crippen LogP contribution is -2.37. The molecular formula is C25H25N3O4S2. The Morgan fingerprint density at radius 3 is 2.47 bits per heavy atom. The third kappa shape index (κ3) is 4.45. The molecule has 2 aromatic carbocycles. The van der Waals surface area contributed by atoms with Gasteiger partial charge in [0.1, 0.15) is 16.6 Å². The Labute approximate surface area is 208 Å². The predicted molar refractivity (Wildman–Crippen MR) is 139 cm³/mol. The van der Waals surface area contributed by atoms with Gasteiger partial charge in [-0.25, -0.2) is 0 Å². The summed E-state index contributed by atoms with van der Waals surface area (Å²) >= 11 is 6.59. The van der Waals surface area contributed by atoms with E-state index in [2.05, 4.69) is 5.32 Å². The molecule has 2 aliphatic rings. The molecule has 0 unspecified atom stereocenters. The molecule has 1 fully saturated rings. The minimum Gasteiger partial charge on any atom is -0.494 e. The first kappa shape index (κ1) is 24.0. The molecule has 9 heteroatoms. The molecule has 4 rings (SSSR count). The summed E-state index contributed by atoms with van der Waals surface area (Å²) in [5.74, 6) is -0.278. The van der Waals surface area contributed by atoms with Gasteiger partial charge in [0.25, 0.3) is 11.8 Å². The fourth-order valence-corrected chi connectivity index (χ4v) is 5.43. The van der Waals surface area contributed by atoms with Crippen molar-refractivity contribution in [3.05, 3.63) is 59.0 Å². The summed E-state index contributed by atoms with van der Waals surface area (Å²) in [6, 6.07) is 14.2. The van der Waals surface area contributed by atoms with Crippen LogP contribution in [-0.4, -0.2) is 46.1 Å². The van der Waals surface area contributed by atoms with E-state index in [1.807, 2.05) is 26.8 Å². The highest BCUT2D eigenvalue weighted by atomic mass is 32.2. The number of thioether (sulfide) groups is 1. The summed E-state index contributed by atoms with van der Waals surface area (Å²) < 4.78 is 5.86. The lowest BCUT2D eigenvalue weighted by Gasteiger charge is -2.21. The van der Waals surface area contributed by atoms with E-state index in [1.54, 1.807) is 47.4 Å². The number of fused-ring (bicyclic) bond motifs is 1. The van der Waals surface area contributed by atoms with Crippen LogP contribution in [0.1, 0.15) is 32.8 Å². The number of hydrogen-bond donors (Lipinski definition) is 1. The molecular weight excluding hydrogens is 470 g/mol. The topological polar surface area (TPSA) is 79.0 Å². The summed E-state index contributed by atoms with van der Waals surface area (Å²) in [6.07, 6.45) is 0.747. The molecule has 0 bridgehead atoms. The number of carbonyl (C=O) groups is 3. The van der Waals surface area contributed by atoms with Gasteiger partial charge in [0.15, 0.2) is 0 Å². The van der Waals surface area contributed by atoms with E-state index in [1.165, 1.54) is 4.90 Å². The van der Waals surface area contributed by atoms with Crippen molar-refractivity contribution < 1.29 is 19.1 Å². The molecule has 2 heterocycles. The van der Waals surface area contributed by atoms with Crippen molar-refractivity contribution in [2.24, 2.45) is 0 Å². The zero-order valence-corrected chi connectivity index (χ0v) is 20.8. The molecule has 0 spiro atoms. The van der Waals surface area contributed by atoms with Crippen LogP contribution in [0.2, 0.25) is 0 Å². The first-order chi connectivity index (χ1) is 16.3. The van der Waals surface area contributed by atoms with Gasteiger partial charge < -0.3 is 10.1 Å². The molecule has 2 aromatic rings. The van der Waals surface area contributed by atoms with Gasteiger partial charge in [-0.1, -0.05) is 49.1 Å². The number of ether oxygens (including phenoxy) is 1. The van der Waals surface area contributed by atoms with Gasteiger partial charge in [-0.3, -0.25) is 24.2 Å². The van der Waals surface area contributed by atoms with Crippen molar-refractivity contribution in [3.63, 3.8) is 0 Å². The van der Waals surface area contributed by atoms with E-state index >= 15 is 0 Å². The van der Waals surface area contributed by atoms with Gasteiger partial charge in [0, 0.05) is 17.3 Å². The zero-order chi connectivity index (χ0) is 24.4. The maximum absolute atomic E-state index is 13.5. The first-order valence-electron chi connectivity index (χ1n) is 11.1. The Hall–Kier alpha value is -3.17. The average Bonchev–Trinajstić information content (AvgIpc) is 3.27. The Morgan fingerprint density at radius 2 is 1.79 bits per heavy atom. The number of nitrogens with zero attached hydrogens (tertiary/aromatic N) is 2. The maximum Gasteiger partial charge on any atom is 0.267 e. The van der Waals surface area contributed by atoms with E-state index in [-0.39, 0.29) is 30.3 Å². The van der Waals surface area contributed by atoms with Crippen molar-refractivity contribution in [2.45, 2.75) is 33.2 Å². The zero-order valence-electron chi connectivity index (χ0n) is 19.2. The van der Waals surface area contributed by atoms with Crippen LogP contribution < -0.4 is 15.0 Å². The SMILES string of the molecule is CCOc1ccc(NC(=O)CN2C(=O)/C(=C3\SC(=S)N([C@@H](C)CC)C3=O)c3ccccc32)cc1. The number of rotatable bonds is 7. The second-order valence-electron chi connectivity index (χ2n) is 7.92. The molecule has 0 aliphatic carbocycles. The lowest BCUT2D eigenvalue weighted by molar-refractivity contribution is -0.123. The minimum absolute atomic E-state index is 0.0617. The van der Waals surface area contributed by atoms with Crippen molar-refractivity contribution in [1.82, 2.24) is 4.90 Å². The summed E-state index contributed by atoms with van der Waals surface area (Å²) in [5, 5.41) is 2.81. The van der Waals surface area contributed by atoms with Crippen LogP contribution >= 0.6 is 24.0 Å². The molecule has 0 aromatic heterocycles. The Kier molecular flexibility index (Phi) is 7.04. The molecule has 0 saturated carbocycles. The van der Waals surface area contributed by atoms with E-state index in [0.29, 0.717) is 44.1 Å². The van der Waals surface area contributed by atoms with Crippen LogP contribution in [0.4, 0.5) is 11.4 Å². The minimum atomic E-state index is -0.382. The third-order valence-corrected chi connectivity index (χ3v) is 7.13. The summed E-state index contributed by atoms with van der Waals surface area (Å²) in [4.78, 5) is 42.8. The Balaban J connectivity index is 1.59. The van der Waals surface area contributed by atoms with E-state index < -0.39 is 0 Å². The molecule has 3 amide bonds. The molecule has 176 valence electrons. The molecule has 1 N–H and O–H groups in total. The van der Waals surface area contributed by atoms with Crippen LogP contribution in [0, 0.1) is 0 Å². The van der Waals surface area contributed by atoms with Crippen LogP contribution in [-0.2, 0) is 14.4 Å². The van der Waals surface area contributed by atoms with Crippen LogP contribution in [0.5, 0.6) is 5.75 Å². The number of anilines is 2. The standard InChI is InChI=1S/C25H25N3O4S2/c1-4-15(3)28-24(31)22(34-25(28)33)21-18-8-6-7-9-19(18)27(23(21)30)14-20(29)26-16-10-12-17(13-11-16)32-5-2/h6-13,15H,4-5,14H2,1-3H3,(H,26,29)/b22-21-/t15-/m0/s1. The molecule has 34 heavy (non-hydrogen) atoms. The number of nitrogens with one attached hydrogen (secondary N) is 1. The molecule has 1 atom stereocenters. The van der Waals surface area contributed by atoms with Crippen LogP contribution in [0.25, 0.3) is 5.57 Å². The number of thiocarbonyl (C=S) groups is 1. The second kappa shape index (κ2) is 9.99. The summed E-state index contributed by atoms with van der Waals surface area (Å²) in [7, 11) is 0. The smallest absolute Gasteiger partial charge is 0.267 e. The van der Waals surface area contributed by atoms with Crippen LogP contribution in [0.15, 0.2) is 53.4 Å². The monoisotopic (exact) mass is 495 g/mol. The van der Waals surface area contributed by atoms with E-state index in [4.69, 9.17) is 17.0 Å². The van der Waals surface area contributed by atoms with Gasteiger partial charge in [-0.05, 0) is 50.6 Å². The maximum atomic E-state index is 13.5. The summed E-state index contributed by atoms with van der Waals surface area (Å²) in [6.45, 7) is 6.19. The fourth-order valence-electron chi connectivity index (χ4n) is 3.89. The van der Waals surface area contributed by atoms with Crippen LogP contribution in [0.3, 0.4) is 0 Å². The number of amides is 3. The lowest BCUT2D eigenvalue weighted by atomic mass is 10.1. The van der Waals surface area contributed by atoms with E-state index in [9.17, 15) is 14.4 Å². The quantitative estimate of drug-likeness (QED) is 0.452. The van der Waals surface area contributed by atoms with Gasteiger partial charge in [0.2, 0.25) is 5.91 Å². The second-order valence-corrected chi connectivity index (χ2v) is 9.56. The highest BCUT2D eigenvalue weighted by molar-refractivity contribution is 8.26. The highest BCUT2D eigenvalue weighted by Gasteiger charge is 2.43. The van der Waals surface area contributed by atoms with Crippen molar-refractivity contribution in [3.8, 4) is 5.75 Å². The van der Waals surface area contributed by atoms with E-state index in [0.717, 1.165) is 18.2 Å². The normalized spacial score (nSPS) is 18.4. The van der Waals surface area contributed by atoms with Gasteiger partial charge in [-0.2, -0.15) is 0 Å².